The van der Waals surface area contributed by atoms with Gasteiger partial charge in [0.2, 0.25) is 0 Å². The van der Waals surface area contributed by atoms with Gasteiger partial charge in [-0.2, -0.15) is 0 Å². The molecule has 0 radical (unpaired) electrons. The third kappa shape index (κ3) is 4.61. The highest BCUT2D eigenvalue weighted by atomic mass is 32.2. The van der Waals surface area contributed by atoms with E-state index in [1.165, 1.54) is 6.92 Å². The smallest absolute Gasteiger partial charge is 0.0821 e. The maximum absolute atomic E-state index is 10.2. The lowest BCUT2D eigenvalue weighted by Gasteiger charge is -2.31. The van der Waals surface area contributed by atoms with Crippen molar-refractivity contribution < 1.29 is 15.3 Å². The lowest BCUT2D eigenvalue weighted by molar-refractivity contribution is -0.00907. The number of hydrogen-bond acceptors (Lipinski definition) is 4. The quantitative estimate of drug-likeness (QED) is 0.692. The summed E-state index contributed by atoms with van der Waals surface area (Å²) in [6.45, 7) is 5.39. The van der Waals surface area contributed by atoms with Gasteiger partial charge in [0.05, 0.1) is 18.3 Å². The maximum atomic E-state index is 10.2. The lowest BCUT2D eigenvalue weighted by atomic mass is 9.98. The Balaban J connectivity index is 2.62. The lowest BCUT2D eigenvalue weighted by Crippen LogP contribution is -2.38. The normalized spacial score (nSPS) is 17.2. The average molecular weight is 270 g/mol. The molecule has 3 nitrogen and oxygen atoms in total. The Labute approximate surface area is 113 Å². The third-order valence-corrected chi connectivity index (χ3v) is 4.25. The Morgan fingerprint density at radius 1 is 1.11 bits per heavy atom. The molecule has 102 valence electrons. The molecule has 1 aromatic carbocycles. The molecule has 0 saturated heterocycles. The van der Waals surface area contributed by atoms with Crippen molar-refractivity contribution in [3.05, 3.63) is 30.3 Å². The number of hydrogen-bond donors (Lipinski definition) is 3. The fraction of sp³-hybridized carbons (Fsp3) is 0.571. The van der Waals surface area contributed by atoms with E-state index in [1.807, 2.05) is 44.2 Å². The number of benzene rings is 1. The van der Waals surface area contributed by atoms with Crippen LogP contribution in [0.5, 0.6) is 0 Å². The van der Waals surface area contributed by atoms with Crippen LogP contribution in [0.3, 0.4) is 0 Å². The van der Waals surface area contributed by atoms with Crippen LogP contribution in [-0.4, -0.2) is 38.4 Å². The Hall–Kier alpha value is -0.550. The summed E-state index contributed by atoms with van der Waals surface area (Å²) in [4.78, 5) is 1.08. The summed E-state index contributed by atoms with van der Waals surface area (Å²) in [6.07, 6.45) is -2.23. The van der Waals surface area contributed by atoms with Gasteiger partial charge in [0, 0.05) is 16.1 Å². The van der Waals surface area contributed by atoms with Crippen LogP contribution in [0, 0.1) is 0 Å². The minimum atomic E-state index is -0.893. The zero-order valence-electron chi connectivity index (χ0n) is 11.1. The summed E-state index contributed by atoms with van der Waals surface area (Å²) in [5.41, 5.74) is 0. The summed E-state index contributed by atoms with van der Waals surface area (Å²) in [5, 5.41) is 29.0. The summed E-state index contributed by atoms with van der Waals surface area (Å²) in [7, 11) is 0. The Kier molecular flexibility index (Phi) is 5.66. The van der Waals surface area contributed by atoms with Crippen molar-refractivity contribution in [2.45, 2.75) is 55.1 Å². The van der Waals surface area contributed by atoms with Crippen molar-refractivity contribution in [1.82, 2.24) is 0 Å². The van der Waals surface area contributed by atoms with Crippen molar-refractivity contribution in [3.63, 3.8) is 0 Å². The van der Waals surface area contributed by atoms with E-state index < -0.39 is 23.1 Å². The molecule has 4 heteroatoms. The van der Waals surface area contributed by atoms with Gasteiger partial charge in [-0.15, -0.1) is 11.8 Å². The molecule has 0 aliphatic heterocycles. The largest absolute Gasteiger partial charge is 0.392 e. The molecule has 0 fully saturated rings. The van der Waals surface area contributed by atoms with Crippen LogP contribution in [0.2, 0.25) is 0 Å². The van der Waals surface area contributed by atoms with E-state index in [9.17, 15) is 15.3 Å². The molecule has 1 rings (SSSR count). The van der Waals surface area contributed by atoms with E-state index in [0.717, 1.165) is 4.90 Å². The molecule has 0 aliphatic rings. The molecule has 3 atom stereocenters. The molecule has 3 N–H and O–H groups in total. The molecule has 18 heavy (non-hydrogen) atoms. The molecule has 1 aromatic rings. The zero-order valence-corrected chi connectivity index (χ0v) is 11.9. The predicted octanol–water partition coefficient (Wildman–Crippen LogP) is 2.05. The molecule has 0 unspecified atom stereocenters. The van der Waals surface area contributed by atoms with Crippen molar-refractivity contribution >= 4 is 11.8 Å². The first-order chi connectivity index (χ1) is 8.33. The first-order valence-corrected chi connectivity index (χ1v) is 6.93. The number of rotatable bonds is 6. The second kappa shape index (κ2) is 6.57. The van der Waals surface area contributed by atoms with Gasteiger partial charge in [-0.05, 0) is 32.9 Å². The van der Waals surface area contributed by atoms with Gasteiger partial charge < -0.3 is 15.3 Å². The second-order valence-corrected chi connectivity index (χ2v) is 6.81. The Bertz CT molecular complexity index is 351. The fourth-order valence-electron chi connectivity index (χ4n) is 1.57. The molecule has 0 aromatic heterocycles. The number of aliphatic hydroxyl groups is 3. The molecule has 0 saturated carbocycles. The van der Waals surface area contributed by atoms with Gasteiger partial charge in [0.1, 0.15) is 0 Å². The topological polar surface area (TPSA) is 60.7 Å². The van der Waals surface area contributed by atoms with Gasteiger partial charge in [-0.1, -0.05) is 18.2 Å². The minimum Gasteiger partial charge on any atom is -0.392 e. The zero-order chi connectivity index (χ0) is 13.8. The van der Waals surface area contributed by atoms with Gasteiger partial charge in [0.25, 0.3) is 0 Å². The third-order valence-electron chi connectivity index (χ3n) is 2.95. The van der Waals surface area contributed by atoms with E-state index in [-0.39, 0.29) is 6.42 Å². The molecule has 0 amide bonds. The van der Waals surface area contributed by atoms with Crippen molar-refractivity contribution in [2.75, 3.05) is 0 Å². The van der Waals surface area contributed by atoms with Crippen molar-refractivity contribution in [1.29, 1.82) is 0 Å². The summed E-state index contributed by atoms with van der Waals surface area (Å²) in [5.74, 6) is 0. The Morgan fingerprint density at radius 2 is 1.67 bits per heavy atom. The van der Waals surface area contributed by atoms with E-state index in [4.69, 9.17) is 0 Å². The predicted molar refractivity (Wildman–Crippen MR) is 74.7 cm³/mol. The molecule has 0 bridgehead atoms. The van der Waals surface area contributed by atoms with Crippen LogP contribution in [0.25, 0.3) is 0 Å². The van der Waals surface area contributed by atoms with Crippen LogP contribution < -0.4 is 0 Å². The highest BCUT2D eigenvalue weighted by molar-refractivity contribution is 8.00. The first-order valence-electron chi connectivity index (χ1n) is 6.11. The van der Waals surface area contributed by atoms with E-state index >= 15 is 0 Å². The molecular formula is C14H22O3S. The second-order valence-electron chi connectivity index (χ2n) is 5.08. The van der Waals surface area contributed by atoms with Crippen LogP contribution in [0.1, 0.15) is 27.2 Å². The first kappa shape index (κ1) is 15.5. The molecule has 0 spiro atoms. The van der Waals surface area contributed by atoms with E-state index in [2.05, 4.69) is 0 Å². The molecule has 0 aliphatic carbocycles. The highest BCUT2D eigenvalue weighted by Gasteiger charge is 2.31. The van der Waals surface area contributed by atoms with E-state index in [0.29, 0.717) is 0 Å². The standard InChI is InChI=1S/C14H22O3S/c1-10(15)12(16)9-13(17)14(2,3)18-11-7-5-4-6-8-11/h4-8,10,12-13,15-17H,9H2,1-3H3/t10-,12+,13-/m1/s1. The number of thioether (sulfide) groups is 1. The number of aliphatic hydroxyl groups excluding tert-OH is 3. The van der Waals surface area contributed by atoms with E-state index in [1.54, 1.807) is 11.8 Å². The highest BCUT2D eigenvalue weighted by Crippen LogP contribution is 2.36. The van der Waals surface area contributed by atoms with Crippen LogP contribution in [0.4, 0.5) is 0 Å². The molecule has 0 heterocycles. The summed E-state index contributed by atoms with van der Waals surface area (Å²) >= 11 is 1.56. The fourth-order valence-corrected chi connectivity index (χ4v) is 2.70. The van der Waals surface area contributed by atoms with Crippen molar-refractivity contribution in [2.24, 2.45) is 0 Å². The van der Waals surface area contributed by atoms with Crippen LogP contribution >= 0.6 is 11.8 Å². The van der Waals surface area contributed by atoms with Gasteiger partial charge >= 0.3 is 0 Å². The van der Waals surface area contributed by atoms with Crippen LogP contribution in [0.15, 0.2) is 35.2 Å². The summed E-state index contributed by atoms with van der Waals surface area (Å²) in [6, 6.07) is 9.84. The minimum absolute atomic E-state index is 0.171. The molecular weight excluding hydrogens is 248 g/mol. The summed E-state index contributed by atoms with van der Waals surface area (Å²) < 4.78 is -0.419. The van der Waals surface area contributed by atoms with Gasteiger partial charge in [-0.25, -0.2) is 0 Å². The average Bonchev–Trinajstić information content (AvgIpc) is 2.29. The van der Waals surface area contributed by atoms with Gasteiger partial charge in [-0.3, -0.25) is 0 Å². The SMILES string of the molecule is C[C@@H](O)[C@@H](O)C[C@@H](O)C(C)(C)Sc1ccccc1. The van der Waals surface area contributed by atoms with Crippen LogP contribution in [-0.2, 0) is 0 Å². The monoisotopic (exact) mass is 270 g/mol. The van der Waals surface area contributed by atoms with Gasteiger partial charge in [0.15, 0.2) is 0 Å². The maximum Gasteiger partial charge on any atom is 0.0821 e. The van der Waals surface area contributed by atoms with Crippen molar-refractivity contribution in [3.8, 4) is 0 Å². The Morgan fingerprint density at radius 3 is 2.17 bits per heavy atom.